The third-order valence-electron chi connectivity index (χ3n) is 4.71. The van der Waals surface area contributed by atoms with Crippen LogP contribution in [0.2, 0.25) is 0 Å². The molecule has 1 saturated heterocycles. The molecule has 8 heteroatoms. The van der Waals surface area contributed by atoms with Crippen molar-refractivity contribution in [3.8, 4) is 0 Å². The molecular weight excluding hydrogens is 386 g/mol. The van der Waals surface area contributed by atoms with Crippen LogP contribution in [-0.4, -0.2) is 57.7 Å². The van der Waals surface area contributed by atoms with Crippen molar-refractivity contribution in [2.45, 2.75) is 6.42 Å². The van der Waals surface area contributed by atoms with Crippen molar-refractivity contribution >= 4 is 29.2 Å². The lowest BCUT2D eigenvalue weighted by molar-refractivity contribution is -0.123. The molecule has 30 heavy (non-hydrogen) atoms. The molecule has 2 amide bonds. The highest BCUT2D eigenvalue weighted by Crippen LogP contribution is 2.25. The summed E-state index contributed by atoms with van der Waals surface area (Å²) in [6.07, 6.45) is 0.190. The highest BCUT2D eigenvalue weighted by molar-refractivity contribution is 6.03. The Labute approximate surface area is 175 Å². The predicted octanol–water partition coefficient (Wildman–Crippen LogP) is 1.61. The average molecular weight is 411 g/mol. The van der Waals surface area contributed by atoms with Gasteiger partial charge in [0.1, 0.15) is 0 Å². The molecule has 0 unspecified atom stereocenters. The average Bonchev–Trinajstić information content (AvgIpc) is 2.78. The topological polar surface area (TPSA) is 97.0 Å². The smallest absolute Gasteiger partial charge is 0.340 e. The molecule has 1 aliphatic heterocycles. The van der Waals surface area contributed by atoms with Gasteiger partial charge in [-0.25, -0.2) is 4.79 Å². The molecule has 1 aliphatic rings. The molecule has 0 saturated carbocycles. The number of benzene rings is 2. The Bertz CT molecular complexity index is 895. The minimum absolute atomic E-state index is 0.190. The number of rotatable bonds is 7. The number of nitrogens with zero attached hydrogens (tertiary/aromatic N) is 1. The molecule has 2 N–H and O–H groups in total. The zero-order valence-electron chi connectivity index (χ0n) is 16.8. The molecule has 0 bridgehead atoms. The number of carbonyl (C=O) groups is 3. The van der Waals surface area contributed by atoms with E-state index in [4.69, 9.17) is 9.47 Å². The normalized spacial score (nSPS) is 13.4. The van der Waals surface area contributed by atoms with Gasteiger partial charge in [0.2, 0.25) is 11.8 Å². The molecule has 0 aromatic heterocycles. The van der Waals surface area contributed by atoms with Crippen LogP contribution in [0.25, 0.3) is 0 Å². The van der Waals surface area contributed by atoms with E-state index in [0.29, 0.717) is 18.9 Å². The Balaban J connectivity index is 1.61. The third-order valence-corrected chi connectivity index (χ3v) is 4.71. The summed E-state index contributed by atoms with van der Waals surface area (Å²) in [5.41, 5.74) is 2.31. The van der Waals surface area contributed by atoms with Gasteiger partial charge in [0.15, 0.2) is 0 Å². The molecule has 0 aliphatic carbocycles. The molecule has 2 aromatic carbocycles. The maximum Gasteiger partial charge on any atom is 0.340 e. The largest absolute Gasteiger partial charge is 0.465 e. The van der Waals surface area contributed by atoms with Gasteiger partial charge in [-0.2, -0.15) is 0 Å². The van der Waals surface area contributed by atoms with Gasteiger partial charge in [0, 0.05) is 18.8 Å². The summed E-state index contributed by atoms with van der Waals surface area (Å²) in [5, 5.41) is 5.27. The monoisotopic (exact) mass is 411 g/mol. The van der Waals surface area contributed by atoms with Gasteiger partial charge in [-0.1, -0.05) is 30.3 Å². The molecular formula is C22H25N3O5. The number of esters is 1. The molecule has 3 rings (SSSR count). The fraction of sp³-hybridized carbons (Fsp3) is 0.318. The fourth-order valence-electron chi connectivity index (χ4n) is 3.16. The summed E-state index contributed by atoms with van der Waals surface area (Å²) in [7, 11) is 1.29. The molecule has 0 spiro atoms. The van der Waals surface area contributed by atoms with Crippen molar-refractivity contribution in [2.75, 3.05) is 50.2 Å². The maximum atomic E-state index is 12.3. The number of carbonyl (C=O) groups excluding carboxylic acids is 3. The van der Waals surface area contributed by atoms with Gasteiger partial charge in [0.25, 0.3) is 0 Å². The van der Waals surface area contributed by atoms with E-state index in [1.807, 2.05) is 36.4 Å². The Morgan fingerprint density at radius 3 is 2.47 bits per heavy atom. The summed E-state index contributed by atoms with van der Waals surface area (Å²) in [6, 6.07) is 14.5. The summed E-state index contributed by atoms with van der Waals surface area (Å²) in [5.74, 6) is -1.23. The quantitative estimate of drug-likeness (QED) is 0.672. The van der Waals surface area contributed by atoms with E-state index >= 15 is 0 Å². The lowest BCUT2D eigenvalue weighted by Crippen LogP contribution is -2.36. The number of morpholine rings is 1. The molecule has 0 radical (unpaired) electrons. The highest BCUT2D eigenvalue weighted by Gasteiger charge is 2.18. The maximum absolute atomic E-state index is 12.3. The van der Waals surface area contributed by atoms with Crippen LogP contribution < -0.4 is 15.5 Å². The number of ether oxygens (including phenoxy) is 2. The van der Waals surface area contributed by atoms with Crippen molar-refractivity contribution < 1.29 is 23.9 Å². The van der Waals surface area contributed by atoms with Crippen LogP contribution in [0.3, 0.4) is 0 Å². The summed E-state index contributed by atoms with van der Waals surface area (Å²) >= 11 is 0. The highest BCUT2D eigenvalue weighted by atomic mass is 16.5. The second kappa shape index (κ2) is 10.4. The first kappa shape index (κ1) is 21.3. The van der Waals surface area contributed by atoms with Crippen molar-refractivity contribution in [3.05, 3.63) is 59.7 Å². The molecule has 0 atom stereocenters. The van der Waals surface area contributed by atoms with Gasteiger partial charge in [-0.05, 0) is 23.8 Å². The van der Waals surface area contributed by atoms with Crippen LogP contribution in [0.5, 0.6) is 0 Å². The van der Waals surface area contributed by atoms with Gasteiger partial charge in [-0.3, -0.25) is 9.59 Å². The van der Waals surface area contributed by atoms with Crippen LogP contribution in [0, 0.1) is 0 Å². The second-order valence-corrected chi connectivity index (χ2v) is 6.81. The van der Waals surface area contributed by atoms with Gasteiger partial charge in [-0.15, -0.1) is 0 Å². The zero-order chi connectivity index (χ0) is 21.3. The Morgan fingerprint density at radius 1 is 1.03 bits per heavy atom. The summed E-state index contributed by atoms with van der Waals surface area (Å²) in [4.78, 5) is 38.7. The molecule has 1 heterocycles. The van der Waals surface area contributed by atoms with Crippen molar-refractivity contribution in [1.29, 1.82) is 0 Å². The number of hydrogen-bond acceptors (Lipinski definition) is 6. The van der Waals surface area contributed by atoms with Crippen LogP contribution in [0.4, 0.5) is 11.4 Å². The first-order valence-corrected chi connectivity index (χ1v) is 9.72. The van der Waals surface area contributed by atoms with Crippen molar-refractivity contribution in [2.24, 2.45) is 0 Å². The minimum atomic E-state index is -0.548. The first-order chi connectivity index (χ1) is 14.6. The molecule has 2 aromatic rings. The number of nitrogens with one attached hydrogen (secondary N) is 2. The van der Waals surface area contributed by atoms with Crippen molar-refractivity contribution in [3.63, 3.8) is 0 Å². The predicted molar refractivity (Wildman–Crippen MR) is 113 cm³/mol. The third kappa shape index (κ3) is 5.81. The van der Waals surface area contributed by atoms with E-state index in [-0.39, 0.29) is 24.4 Å². The number of hydrogen-bond donors (Lipinski definition) is 2. The summed E-state index contributed by atoms with van der Waals surface area (Å²) in [6.45, 7) is 2.49. The zero-order valence-corrected chi connectivity index (χ0v) is 16.8. The lowest BCUT2D eigenvalue weighted by atomic mass is 10.1. The fourth-order valence-corrected chi connectivity index (χ4v) is 3.16. The van der Waals surface area contributed by atoms with E-state index in [9.17, 15) is 14.4 Å². The second-order valence-electron chi connectivity index (χ2n) is 6.81. The SMILES string of the molecule is COC(=O)c1cc(N2CCOCC2)ccc1NC(=O)CNC(=O)Cc1ccccc1. The van der Waals surface area contributed by atoms with E-state index in [0.717, 1.165) is 24.3 Å². The van der Waals surface area contributed by atoms with Gasteiger partial charge >= 0.3 is 5.97 Å². The standard InChI is InChI=1S/C22H25N3O5/c1-29-22(28)18-14-17(25-9-11-30-12-10-25)7-8-19(18)24-21(27)15-23-20(26)13-16-5-3-2-4-6-16/h2-8,14H,9-13,15H2,1H3,(H,23,26)(H,24,27). The van der Waals surface area contributed by atoms with Crippen LogP contribution in [0.1, 0.15) is 15.9 Å². The first-order valence-electron chi connectivity index (χ1n) is 9.72. The van der Waals surface area contributed by atoms with Crippen molar-refractivity contribution in [1.82, 2.24) is 5.32 Å². The van der Waals surface area contributed by atoms with Crippen LogP contribution >= 0.6 is 0 Å². The van der Waals surface area contributed by atoms with E-state index in [1.165, 1.54) is 7.11 Å². The molecule has 1 fully saturated rings. The van der Waals surface area contributed by atoms with Gasteiger partial charge in [0.05, 0.1) is 44.5 Å². The molecule has 8 nitrogen and oxygen atoms in total. The minimum Gasteiger partial charge on any atom is -0.465 e. The van der Waals surface area contributed by atoms with E-state index < -0.39 is 11.9 Å². The molecule has 158 valence electrons. The number of anilines is 2. The summed E-state index contributed by atoms with van der Waals surface area (Å²) < 4.78 is 10.2. The van der Waals surface area contributed by atoms with E-state index in [2.05, 4.69) is 15.5 Å². The van der Waals surface area contributed by atoms with Crippen LogP contribution in [-0.2, 0) is 25.5 Å². The van der Waals surface area contributed by atoms with E-state index in [1.54, 1.807) is 12.1 Å². The van der Waals surface area contributed by atoms with Gasteiger partial charge < -0.3 is 25.0 Å². The Hall–Kier alpha value is -3.39. The Kier molecular flexibility index (Phi) is 7.40. The number of methoxy groups -OCH3 is 1. The number of amides is 2. The van der Waals surface area contributed by atoms with Crippen LogP contribution in [0.15, 0.2) is 48.5 Å². The lowest BCUT2D eigenvalue weighted by Gasteiger charge is -2.29. The Morgan fingerprint density at radius 2 is 1.77 bits per heavy atom.